The molecule has 0 fully saturated rings. The Morgan fingerprint density at radius 3 is 1.92 bits per heavy atom. The standard InChI is InChI=1S/C12H26/c1-6-8-12(10(3)4)9-11(5)7-2/h10-12H,6-9H2,1-5H3. The van der Waals surface area contributed by atoms with E-state index >= 15 is 0 Å². The Morgan fingerprint density at radius 1 is 1.00 bits per heavy atom. The topological polar surface area (TPSA) is 0 Å². The van der Waals surface area contributed by atoms with Gasteiger partial charge in [0.2, 0.25) is 0 Å². The highest BCUT2D eigenvalue weighted by molar-refractivity contribution is 4.65. The monoisotopic (exact) mass is 170 g/mol. The summed E-state index contributed by atoms with van der Waals surface area (Å²) in [5.74, 6) is 2.76. The van der Waals surface area contributed by atoms with Crippen molar-refractivity contribution in [2.24, 2.45) is 17.8 Å². The number of hydrogen-bond donors (Lipinski definition) is 0. The van der Waals surface area contributed by atoms with Gasteiger partial charge in [0.15, 0.2) is 0 Å². The van der Waals surface area contributed by atoms with Crippen molar-refractivity contribution in [3.05, 3.63) is 0 Å². The first kappa shape index (κ1) is 12.0. The van der Waals surface area contributed by atoms with Crippen LogP contribution in [-0.4, -0.2) is 0 Å². The molecule has 0 aliphatic heterocycles. The Labute approximate surface area is 78.8 Å². The van der Waals surface area contributed by atoms with Crippen molar-refractivity contribution in [2.75, 3.05) is 0 Å². The molecule has 0 saturated heterocycles. The van der Waals surface area contributed by atoms with Crippen molar-refractivity contribution in [3.63, 3.8) is 0 Å². The minimum absolute atomic E-state index is 0.874. The van der Waals surface area contributed by atoms with Gasteiger partial charge in [-0.1, -0.05) is 53.9 Å². The van der Waals surface area contributed by atoms with Crippen LogP contribution in [0.3, 0.4) is 0 Å². The molecule has 0 aliphatic carbocycles. The molecular weight excluding hydrogens is 144 g/mol. The maximum absolute atomic E-state index is 2.38. The smallest absolute Gasteiger partial charge is 0.0389 e. The zero-order valence-corrected chi connectivity index (χ0v) is 9.56. The molecule has 0 spiro atoms. The lowest BCUT2D eigenvalue weighted by Crippen LogP contribution is -2.12. The third-order valence-electron chi connectivity index (χ3n) is 3.00. The van der Waals surface area contributed by atoms with Gasteiger partial charge in [0.05, 0.1) is 0 Å². The normalized spacial score (nSPS) is 16.5. The molecule has 0 heterocycles. The second-order valence-electron chi connectivity index (χ2n) is 4.54. The zero-order valence-electron chi connectivity index (χ0n) is 9.56. The summed E-state index contributed by atoms with van der Waals surface area (Å²) in [6.45, 7) is 11.7. The van der Waals surface area contributed by atoms with Gasteiger partial charge in [-0.05, 0) is 24.2 Å². The van der Waals surface area contributed by atoms with E-state index in [2.05, 4.69) is 34.6 Å². The van der Waals surface area contributed by atoms with E-state index in [1.54, 1.807) is 0 Å². The molecule has 2 unspecified atom stereocenters. The third kappa shape index (κ3) is 4.79. The Hall–Kier alpha value is 0. The van der Waals surface area contributed by atoms with Gasteiger partial charge in [0.1, 0.15) is 0 Å². The molecule has 0 aromatic carbocycles. The summed E-state index contributed by atoms with van der Waals surface area (Å²) in [6.07, 6.45) is 5.54. The SMILES string of the molecule is CCCC(CC(C)CC)C(C)C. The zero-order chi connectivity index (χ0) is 9.56. The van der Waals surface area contributed by atoms with Crippen LogP contribution in [0, 0.1) is 17.8 Å². The van der Waals surface area contributed by atoms with Crippen molar-refractivity contribution in [1.82, 2.24) is 0 Å². The van der Waals surface area contributed by atoms with E-state index in [0.717, 1.165) is 17.8 Å². The lowest BCUT2D eigenvalue weighted by molar-refractivity contribution is 0.284. The molecule has 0 N–H and O–H groups in total. The molecule has 0 aliphatic rings. The predicted octanol–water partition coefficient (Wildman–Crippen LogP) is 4.49. The first-order valence-corrected chi connectivity index (χ1v) is 5.61. The summed E-state index contributed by atoms with van der Waals surface area (Å²) in [5, 5.41) is 0. The van der Waals surface area contributed by atoms with Crippen LogP contribution in [0.2, 0.25) is 0 Å². The van der Waals surface area contributed by atoms with Crippen LogP contribution in [0.15, 0.2) is 0 Å². The van der Waals surface area contributed by atoms with Gasteiger partial charge in [0, 0.05) is 0 Å². The summed E-state index contributed by atoms with van der Waals surface area (Å²) >= 11 is 0. The van der Waals surface area contributed by atoms with Gasteiger partial charge >= 0.3 is 0 Å². The number of hydrogen-bond acceptors (Lipinski definition) is 0. The van der Waals surface area contributed by atoms with Gasteiger partial charge < -0.3 is 0 Å². The highest BCUT2D eigenvalue weighted by Gasteiger charge is 2.14. The van der Waals surface area contributed by atoms with Crippen LogP contribution >= 0.6 is 0 Å². The van der Waals surface area contributed by atoms with E-state index in [4.69, 9.17) is 0 Å². The highest BCUT2D eigenvalue weighted by atomic mass is 14.2. The van der Waals surface area contributed by atoms with Crippen LogP contribution in [0.5, 0.6) is 0 Å². The summed E-state index contributed by atoms with van der Waals surface area (Å²) in [5.41, 5.74) is 0. The van der Waals surface area contributed by atoms with Crippen LogP contribution < -0.4 is 0 Å². The van der Waals surface area contributed by atoms with Crippen LogP contribution in [-0.2, 0) is 0 Å². The molecule has 0 saturated carbocycles. The van der Waals surface area contributed by atoms with Crippen molar-refractivity contribution in [2.45, 2.75) is 60.3 Å². The van der Waals surface area contributed by atoms with Crippen molar-refractivity contribution >= 4 is 0 Å². The molecule has 0 nitrogen and oxygen atoms in total. The Balaban J connectivity index is 3.77. The van der Waals surface area contributed by atoms with E-state index in [0.29, 0.717) is 0 Å². The van der Waals surface area contributed by atoms with Gasteiger partial charge in [-0.2, -0.15) is 0 Å². The molecule has 0 radical (unpaired) electrons. The fraction of sp³-hybridized carbons (Fsp3) is 1.00. The summed E-state index contributed by atoms with van der Waals surface area (Å²) < 4.78 is 0. The van der Waals surface area contributed by atoms with Crippen molar-refractivity contribution < 1.29 is 0 Å². The fourth-order valence-corrected chi connectivity index (χ4v) is 1.78. The minimum atomic E-state index is 0.874. The first-order chi connectivity index (χ1) is 5.61. The van der Waals surface area contributed by atoms with E-state index in [1.807, 2.05) is 0 Å². The summed E-state index contributed by atoms with van der Waals surface area (Å²) in [6, 6.07) is 0. The van der Waals surface area contributed by atoms with Gasteiger partial charge in [-0.15, -0.1) is 0 Å². The van der Waals surface area contributed by atoms with E-state index in [-0.39, 0.29) is 0 Å². The molecule has 2 atom stereocenters. The average molecular weight is 170 g/mol. The second-order valence-corrected chi connectivity index (χ2v) is 4.54. The summed E-state index contributed by atoms with van der Waals surface area (Å²) in [4.78, 5) is 0. The van der Waals surface area contributed by atoms with Gasteiger partial charge in [-0.25, -0.2) is 0 Å². The van der Waals surface area contributed by atoms with Crippen molar-refractivity contribution in [1.29, 1.82) is 0 Å². The molecule has 0 rings (SSSR count). The maximum atomic E-state index is 2.38. The summed E-state index contributed by atoms with van der Waals surface area (Å²) in [7, 11) is 0. The molecule has 0 amide bonds. The second kappa shape index (κ2) is 6.51. The molecule has 0 aromatic rings. The minimum Gasteiger partial charge on any atom is -0.0654 e. The van der Waals surface area contributed by atoms with Crippen molar-refractivity contribution in [3.8, 4) is 0 Å². The first-order valence-electron chi connectivity index (χ1n) is 5.61. The molecule has 0 aromatic heterocycles. The van der Waals surface area contributed by atoms with E-state index in [1.165, 1.54) is 25.7 Å². The Kier molecular flexibility index (Phi) is 6.51. The van der Waals surface area contributed by atoms with E-state index < -0.39 is 0 Å². The van der Waals surface area contributed by atoms with Crippen LogP contribution in [0.4, 0.5) is 0 Å². The van der Waals surface area contributed by atoms with Crippen LogP contribution in [0.1, 0.15) is 60.3 Å². The molecule has 74 valence electrons. The fourth-order valence-electron chi connectivity index (χ4n) is 1.78. The highest BCUT2D eigenvalue weighted by Crippen LogP contribution is 2.25. The molecule has 12 heavy (non-hydrogen) atoms. The largest absolute Gasteiger partial charge is 0.0654 e. The number of rotatable bonds is 6. The molecule has 0 heteroatoms. The maximum Gasteiger partial charge on any atom is -0.0389 e. The van der Waals surface area contributed by atoms with Crippen LogP contribution in [0.25, 0.3) is 0 Å². The average Bonchev–Trinajstić information content (AvgIpc) is 2.03. The molecular formula is C12H26. The molecule has 0 bridgehead atoms. The van der Waals surface area contributed by atoms with Gasteiger partial charge in [-0.3, -0.25) is 0 Å². The lowest BCUT2D eigenvalue weighted by atomic mass is 9.83. The quantitative estimate of drug-likeness (QED) is 0.551. The van der Waals surface area contributed by atoms with E-state index in [9.17, 15) is 0 Å². The predicted molar refractivity (Wildman–Crippen MR) is 57.3 cm³/mol. The third-order valence-corrected chi connectivity index (χ3v) is 3.00. The Morgan fingerprint density at radius 2 is 1.58 bits per heavy atom. The van der Waals surface area contributed by atoms with Gasteiger partial charge in [0.25, 0.3) is 0 Å². The lowest BCUT2D eigenvalue weighted by Gasteiger charge is -2.23. The Bertz CT molecular complexity index is 94.2.